The third-order valence-electron chi connectivity index (χ3n) is 4.10. The molecular weight excluding hydrogens is 398 g/mol. The zero-order valence-electron chi connectivity index (χ0n) is 14.6. The second kappa shape index (κ2) is 7.95. The number of carbonyl (C=O) groups excluding carboxylic acids is 2. The molecule has 4 rings (SSSR count). The van der Waals surface area contributed by atoms with Crippen molar-refractivity contribution in [3.8, 4) is 0 Å². The molecule has 0 aromatic heterocycles. The molecule has 2 aliphatic rings. The van der Waals surface area contributed by atoms with Crippen LogP contribution in [0.5, 0.6) is 0 Å². The molecule has 0 saturated carbocycles. The Balaban J connectivity index is 1.37. The van der Waals surface area contributed by atoms with Crippen LogP contribution < -0.4 is 15.6 Å². The summed E-state index contributed by atoms with van der Waals surface area (Å²) in [6, 6.07) is 16.3. The summed E-state index contributed by atoms with van der Waals surface area (Å²) in [6.07, 6.45) is 2.85. The lowest BCUT2D eigenvalue weighted by Gasteiger charge is -2.31. The number of hydrogen-bond donors (Lipinski definition) is 2. The van der Waals surface area contributed by atoms with Gasteiger partial charge in [0.15, 0.2) is 5.17 Å². The van der Waals surface area contributed by atoms with Crippen molar-refractivity contribution in [2.45, 2.75) is 6.17 Å². The fourth-order valence-electron chi connectivity index (χ4n) is 2.82. The van der Waals surface area contributed by atoms with E-state index >= 15 is 0 Å². The van der Waals surface area contributed by atoms with Gasteiger partial charge in [-0.05, 0) is 30.3 Å². The second-order valence-corrected chi connectivity index (χ2v) is 7.40. The number of hydrogen-bond acceptors (Lipinski definition) is 6. The van der Waals surface area contributed by atoms with E-state index in [1.54, 1.807) is 46.5 Å². The van der Waals surface area contributed by atoms with Crippen molar-refractivity contribution in [2.75, 3.05) is 16.0 Å². The fourth-order valence-corrected chi connectivity index (χ4v) is 3.77. The second-order valence-electron chi connectivity index (χ2n) is 6.02. The minimum Gasteiger partial charge on any atom is -0.325 e. The molecule has 0 spiro atoms. The van der Waals surface area contributed by atoms with Crippen molar-refractivity contribution < 1.29 is 9.59 Å². The van der Waals surface area contributed by atoms with Crippen molar-refractivity contribution in [3.05, 3.63) is 72.0 Å². The summed E-state index contributed by atoms with van der Waals surface area (Å²) in [5.41, 5.74) is 4.26. The molecule has 28 heavy (non-hydrogen) atoms. The van der Waals surface area contributed by atoms with Gasteiger partial charge in [0, 0.05) is 28.8 Å². The van der Waals surface area contributed by atoms with Gasteiger partial charge in [0.2, 0.25) is 12.1 Å². The molecule has 2 amide bonds. The molecule has 2 N–H and O–H groups in total. The van der Waals surface area contributed by atoms with Crippen LogP contribution >= 0.6 is 23.4 Å². The highest BCUT2D eigenvalue weighted by molar-refractivity contribution is 8.14. The predicted octanol–water partition coefficient (Wildman–Crippen LogP) is 3.03. The van der Waals surface area contributed by atoms with E-state index in [2.05, 4.69) is 15.8 Å². The first-order chi connectivity index (χ1) is 13.6. The molecule has 0 fully saturated rings. The smallest absolute Gasteiger partial charge is 0.276 e. The van der Waals surface area contributed by atoms with Crippen LogP contribution in [0.1, 0.15) is 0 Å². The van der Waals surface area contributed by atoms with Gasteiger partial charge in [-0.25, -0.2) is 0 Å². The zero-order chi connectivity index (χ0) is 19.5. The summed E-state index contributed by atoms with van der Waals surface area (Å²) in [5.74, 6) is -0.172. The Labute approximate surface area is 171 Å². The molecular formula is C19H16ClN5O2S. The number of rotatable bonds is 4. The van der Waals surface area contributed by atoms with Gasteiger partial charge in [0.25, 0.3) is 5.91 Å². The number of amidine groups is 1. The number of anilines is 2. The minimum absolute atomic E-state index is 0.142. The third-order valence-corrected chi connectivity index (χ3v) is 5.31. The average molecular weight is 414 g/mol. The standard InChI is InChI=1S/C19H16ClN5O2S/c20-13-5-4-6-14(11-13)21-16(26)12-28-19-23-22-17-18(27)24(9-10-25(17)19)15-7-2-1-3-8-15/h1-11,17,22H,12H2,(H,21,26). The normalized spacial score (nSPS) is 17.8. The summed E-state index contributed by atoms with van der Waals surface area (Å²) in [7, 11) is 0. The van der Waals surface area contributed by atoms with Crippen LogP contribution in [0, 0.1) is 0 Å². The molecule has 9 heteroatoms. The van der Waals surface area contributed by atoms with Gasteiger partial charge < -0.3 is 5.32 Å². The Bertz CT molecular complexity index is 966. The topological polar surface area (TPSA) is 77.0 Å². The van der Waals surface area contributed by atoms with Gasteiger partial charge in [0.1, 0.15) is 0 Å². The Morgan fingerprint density at radius 2 is 2.00 bits per heavy atom. The Kier molecular flexibility index (Phi) is 5.23. The van der Waals surface area contributed by atoms with Crippen LogP contribution in [-0.4, -0.2) is 33.8 Å². The van der Waals surface area contributed by atoms with E-state index in [0.29, 0.717) is 15.9 Å². The number of amides is 2. The van der Waals surface area contributed by atoms with Crippen molar-refractivity contribution in [3.63, 3.8) is 0 Å². The number of fused-ring (bicyclic) bond motifs is 1. The molecule has 0 aliphatic carbocycles. The molecule has 1 atom stereocenters. The number of halogens is 1. The number of carbonyl (C=O) groups is 2. The first-order valence-corrected chi connectivity index (χ1v) is 9.84. The molecule has 0 radical (unpaired) electrons. The number of nitrogens with one attached hydrogen (secondary N) is 2. The van der Waals surface area contributed by atoms with E-state index in [4.69, 9.17) is 11.6 Å². The SMILES string of the molecule is O=C(CSC1=NNC2C(=O)N(c3ccccc3)C=CN12)Nc1cccc(Cl)c1. The molecule has 2 aliphatic heterocycles. The molecule has 2 heterocycles. The maximum absolute atomic E-state index is 12.8. The van der Waals surface area contributed by atoms with E-state index in [-0.39, 0.29) is 17.6 Å². The lowest BCUT2D eigenvalue weighted by molar-refractivity contribution is -0.122. The van der Waals surface area contributed by atoms with Crippen molar-refractivity contribution in [2.24, 2.45) is 5.10 Å². The van der Waals surface area contributed by atoms with Crippen LogP contribution in [0.2, 0.25) is 5.02 Å². The Hall–Kier alpha value is -2.97. The third kappa shape index (κ3) is 3.83. The highest BCUT2D eigenvalue weighted by atomic mass is 35.5. The molecule has 2 aromatic carbocycles. The highest BCUT2D eigenvalue weighted by Crippen LogP contribution is 2.25. The maximum Gasteiger partial charge on any atom is 0.276 e. The van der Waals surface area contributed by atoms with Crippen LogP contribution in [0.4, 0.5) is 11.4 Å². The summed E-state index contributed by atoms with van der Waals surface area (Å²) >= 11 is 7.17. The summed E-state index contributed by atoms with van der Waals surface area (Å²) in [4.78, 5) is 28.2. The van der Waals surface area contributed by atoms with Crippen molar-refractivity contribution in [1.82, 2.24) is 10.3 Å². The van der Waals surface area contributed by atoms with Gasteiger partial charge in [-0.1, -0.05) is 47.6 Å². The average Bonchev–Trinajstić information content (AvgIpc) is 3.11. The van der Waals surface area contributed by atoms with E-state index in [1.807, 2.05) is 30.3 Å². The predicted molar refractivity (Wildman–Crippen MR) is 112 cm³/mol. The van der Waals surface area contributed by atoms with Crippen LogP contribution in [0.3, 0.4) is 0 Å². The van der Waals surface area contributed by atoms with E-state index in [9.17, 15) is 9.59 Å². The number of benzene rings is 2. The van der Waals surface area contributed by atoms with Gasteiger partial charge in [-0.3, -0.25) is 24.8 Å². The van der Waals surface area contributed by atoms with Crippen molar-refractivity contribution in [1.29, 1.82) is 0 Å². The van der Waals surface area contributed by atoms with E-state index in [0.717, 1.165) is 5.69 Å². The maximum atomic E-state index is 12.8. The molecule has 0 saturated heterocycles. The summed E-state index contributed by atoms with van der Waals surface area (Å²) in [5, 5.41) is 8.10. The summed E-state index contributed by atoms with van der Waals surface area (Å²) in [6.45, 7) is 0. The van der Waals surface area contributed by atoms with Crippen LogP contribution in [-0.2, 0) is 9.59 Å². The highest BCUT2D eigenvalue weighted by Gasteiger charge is 2.38. The van der Waals surface area contributed by atoms with Gasteiger partial charge >= 0.3 is 0 Å². The number of hydrazone groups is 1. The quantitative estimate of drug-likeness (QED) is 0.805. The number of thioether (sulfide) groups is 1. The zero-order valence-corrected chi connectivity index (χ0v) is 16.2. The van der Waals surface area contributed by atoms with E-state index < -0.39 is 6.17 Å². The lowest BCUT2D eigenvalue weighted by Crippen LogP contribution is -2.52. The lowest BCUT2D eigenvalue weighted by atomic mass is 10.2. The number of nitrogens with zero attached hydrogens (tertiary/aromatic N) is 3. The van der Waals surface area contributed by atoms with Gasteiger partial charge in [-0.15, -0.1) is 0 Å². The van der Waals surface area contributed by atoms with E-state index in [1.165, 1.54) is 11.8 Å². The Morgan fingerprint density at radius 1 is 1.18 bits per heavy atom. The largest absolute Gasteiger partial charge is 0.325 e. The molecule has 0 bridgehead atoms. The van der Waals surface area contributed by atoms with Crippen molar-refractivity contribution >= 4 is 51.7 Å². The Morgan fingerprint density at radius 3 is 2.79 bits per heavy atom. The summed E-state index contributed by atoms with van der Waals surface area (Å²) < 4.78 is 0. The minimum atomic E-state index is -0.622. The molecule has 142 valence electrons. The molecule has 2 aromatic rings. The number of para-hydroxylation sites is 1. The first-order valence-electron chi connectivity index (χ1n) is 8.48. The molecule has 7 nitrogen and oxygen atoms in total. The van der Waals surface area contributed by atoms with Crippen LogP contribution in [0.15, 0.2) is 72.1 Å². The fraction of sp³-hybridized carbons (Fsp3) is 0.105. The van der Waals surface area contributed by atoms with Gasteiger partial charge in [-0.2, -0.15) is 5.10 Å². The monoisotopic (exact) mass is 413 g/mol. The van der Waals surface area contributed by atoms with Crippen LogP contribution in [0.25, 0.3) is 0 Å². The first kappa shape index (κ1) is 18.4. The van der Waals surface area contributed by atoms with Gasteiger partial charge in [0.05, 0.1) is 5.75 Å². The molecule has 1 unspecified atom stereocenters.